The van der Waals surface area contributed by atoms with Gasteiger partial charge in [0.2, 0.25) is 0 Å². The lowest BCUT2D eigenvalue weighted by molar-refractivity contribution is 0.430. The van der Waals surface area contributed by atoms with Crippen LogP contribution in [0, 0.1) is 0 Å². The third-order valence-electron chi connectivity index (χ3n) is 0.425. The van der Waals surface area contributed by atoms with E-state index in [-0.39, 0.29) is 11.7 Å². The smallest absolute Gasteiger partial charge is 0.174 e. The van der Waals surface area contributed by atoms with Crippen molar-refractivity contribution in [1.82, 2.24) is 0 Å². The van der Waals surface area contributed by atoms with E-state index in [9.17, 15) is 8.60 Å². The van der Waals surface area contributed by atoms with Crippen molar-refractivity contribution in [2.24, 2.45) is 0 Å². The Labute approximate surface area is 40.0 Å². The van der Waals surface area contributed by atoms with Crippen LogP contribution in [0.15, 0.2) is 0 Å². The molecule has 0 radical (unpaired) electrons. The van der Waals surface area contributed by atoms with E-state index in [2.05, 4.69) is 0 Å². The maximum Gasteiger partial charge on any atom is 0.498 e. The van der Waals surface area contributed by atoms with Crippen LogP contribution in [0.4, 0.5) is 4.39 Å². The van der Waals surface area contributed by atoms with E-state index in [1.165, 1.54) is 0 Å². The normalized spacial score (nSPS) is 13.7. The number of halogens is 1. The molecule has 0 spiro atoms. The quantitative estimate of drug-likeness (QED) is 0.485. The maximum absolute atomic E-state index is 11.5. The molecule has 0 aromatic rings. The Bertz CT molecular complexity index is 48.1. The minimum Gasteiger partial charge on any atom is -0.174 e. The van der Waals surface area contributed by atoms with Crippen LogP contribution in [0.5, 0.6) is 0 Å². The molecule has 1 atom stereocenters. The van der Waals surface area contributed by atoms with Crippen LogP contribution in [0.2, 0.25) is 0 Å². The van der Waals surface area contributed by atoms with Crippen LogP contribution in [0.1, 0.15) is 13.3 Å². The molecule has 36 valence electrons. The highest BCUT2D eigenvalue weighted by molar-refractivity contribution is 7.66. The highest BCUT2D eigenvalue weighted by Crippen LogP contribution is 1.91. The van der Waals surface area contributed by atoms with Crippen molar-refractivity contribution in [1.29, 1.82) is 0 Å². The van der Waals surface area contributed by atoms with Crippen LogP contribution in [-0.4, -0.2) is 5.50 Å². The molecule has 0 aromatic carbocycles. The van der Waals surface area contributed by atoms with E-state index in [4.69, 9.17) is 0 Å². The Balaban J connectivity index is 2.96. The zero-order valence-corrected chi connectivity index (χ0v) is 4.30. The summed E-state index contributed by atoms with van der Waals surface area (Å²) >= 11 is 0.00810. The molecule has 0 aliphatic carbocycles. The lowest BCUT2D eigenvalue weighted by Gasteiger charge is -1.70. The SMILES string of the molecule is CC[C@@H](F)[S+]=O. The molecule has 3 heteroatoms. The molecule has 0 amide bonds. The summed E-state index contributed by atoms with van der Waals surface area (Å²) in [5.74, 6) is 0. The summed E-state index contributed by atoms with van der Waals surface area (Å²) in [4.78, 5) is 0. The van der Waals surface area contributed by atoms with Crippen molar-refractivity contribution in [3.63, 3.8) is 0 Å². The van der Waals surface area contributed by atoms with Gasteiger partial charge in [0.15, 0.2) is 0 Å². The molecule has 6 heavy (non-hydrogen) atoms. The van der Waals surface area contributed by atoms with Crippen molar-refractivity contribution in [2.45, 2.75) is 18.8 Å². The molecule has 0 fully saturated rings. The second-order valence-corrected chi connectivity index (χ2v) is 1.62. The first kappa shape index (κ1) is 5.95. The predicted octanol–water partition coefficient (Wildman–Crippen LogP) is 1.12. The second-order valence-electron chi connectivity index (χ2n) is 0.915. The summed E-state index contributed by atoms with van der Waals surface area (Å²) in [6.07, 6.45) is 0.314. The van der Waals surface area contributed by atoms with Gasteiger partial charge in [0, 0.05) is 10.6 Å². The molecule has 0 saturated heterocycles. The largest absolute Gasteiger partial charge is 0.498 e. The van der Waals surface area contributed by atoms with Gasteiger partial charge in [-0.2, -0.15) is 4.39 Å². The fourth-order valence-electron chi connectivity index (χ4n) is 0.0680. The molecule has 0 bridgehead atoms. The Morgan fingerprint density at radius 3 is 2.50 bits per heavy atom. The van der Waals surface area contributed by atoms with Crippen LogP contribution < -0.4 is 0 Å². The summed E-state index contributed by atoms with van der Waals surface area (Å²) < 4.78 is 20.9. The highest BCUT2D eigenvalue weighted by atomic mass is 32.1. The molecule has 0 N–H and O–H groups in total. The van der Waals surface area contributed by atoms with Gasteiger partial charge in [0.05, 0.1) is 0 Å². The van der Waals surface area contributed by atoms with Gasteiger partial charge in [-0.25, -0.2) is 0 Å². The molecule has 0 heterocycles. The van der Waals surface area contributed by atoms with E-state index >= 15 is 0 Å². The lowest BCUT2D eigenvalue weighted by atomic mass is 10.6. The van der Waals surface area contributed by atoms with Gasteiger partial charge in [-0.05, 0) is 0 Å². The van der Waals surface area contributed by atoms with Gasteiger partial charge in [-0.15, -0.1) is 0 Å². The van der Waals surface area contributed by atoms with E-state index in [1.807, 2.05) is 0 Å². The first-order valence-corrected chi connectivity index (χ1v) is 2.54. The molecule has 0 aliphatic heterocycles. The van der Waals surface area contributed by atoms with Crippen molar-refractivity contribution in [3.8, 4) is 0 Å². The standard InChI is InChI=1S/C3H6FOS/c1-2-3(4)6-5/h3H,2H2,1H3/q+1/t3-/m0/s1. The van der Waals surface area contributed by atoms with Crippen LogP contribution in [0.3, 0.4) is 0 Å². The lowest BCUT2D eigenvalue weighted by Crippen LogP contribution is -1.90. The zero-order chi connectivity index (χ0) is 4.99. The maximum atomic E-state index is 11.5. The third-order valence-corrected chi connectivity index (χ3v) is 0.968. The van der Waals surface area contributed by atoms with Gasteiger partial charge in [0.1, 0.15) is 0 Å². The molecule has 0 rings (SSSR count). The zero-order valence-electron chi connectivity index (χ0n) is 3.48. The molecular formula is C3H6FOS+. The van der Waals surface area contributed by atoms with Crippen molar-refractivity contribution in [2.75, 3.05) is 0 Å². The Kier molecular flexibility index (Phi) is 3.13. The molecular weight excluding hydrogens is 103 g/mol. The van der Waals surface area contributed by atoms with E-state index in [1.54, 1.807) is 6.92 Å². The molecule has 1 nitrogen and oxygen atoms in total. The van der Waals surface area contributed by atoms with Gasteiger partial charge in [-0.1, -0.05) is 6.92 Å². The average Bonchev–Trinajstić information content (AvgIpc) is 1.65. The number of hydrogen-bond donors (Lipinski definition) is 0. The third kappa shape index (κ3) is 2.20. The predicted molar refractivity (Wildman–Crippen MR) is 23.2 cm³/mol. The van der Waals surface area contributed by atoms with Crippen LogP contribution in [-0.2, 0) is 15.9 Å². The minimum atomic E-state index is -1.20. The van der Waals surface area contributed by atoms with Crippen molar-refractivity contribution in [3.05, 3.63) is 0 Å². The van der Waals surface area contributed by atoms with Crippen LogP contribution >= 0.6 is 0 Å². The minimum absolute atomic E-state index is 0.00810. The molecule has 0 aliphatic rings. The van der Waals surface area contributed by atoms with Gasteiger partial charge < -0.3 is 0 Å². The fraction of sp³-hybridized carbons (Fsp3) is 1.00. The Morgan fingerprint density at radius 2 is 2.50 bits per heavy atom. The number of hydrogen-bond acceptors (Lipinski definition) is 1. The summed E-state index contributed by atoms with van der Waals surface area (Å²) in [6, 6.07) is 0. The van der Waals surface area contributed by atoms with E-state index in [0.29, 0.717) is 6.42 Å². The number of alkyl halides is 1. The first-order chi connectivity index (χ1) is 2.81. The van der Waals surface area contributed by atoms with E-state index in [0.717, 1.165) is 0 Å². The van der Waals surface area contributed by atoms with Crippen molar-refractivity contribution < 1.29 is 8.60 Å². The second kappa shape index (κ2) is 3.15. The molecule has 0 unspecified atom stereocenters. The van der Waals surface area contributed by atoms with Crippen molar-refractivity contribution >= 4 is 11.7 Å². The number of rotatable bonds is 2. The Morgan fingerprint density at radius 1 is 2.00 bits per heavy atom. The topological polar surface area (TPSA) is 17.1 Å². The summed E-state index contributed by atoms with van der Waals surface area (Å²) in [7, 11) is 0. The summed E-state index contributed by atoms with van der Waals surface area (Å²) in [6.45, 7) is 1.63. The first-order valence-electron chi connectivity index (χ1n) is 1.74. The van der Waals surface area contributed by atoms with Gasteiger partial charge in [0.25, 0.3) is 0 Å². The van der Waals surface area contributed by atoms with Crippen LogP contribution in [0.25, 0.3) is 0 Å². The highest BCUT2D eigenvalue weighted by Gasteiger charge is 2.13. The molecule has 0 saturated carbocycles. The fourth-order valence-corrected chi connectivity index (χ4v) is 0.204. The molecule has 0 aromatic heterocycles. The van der Waals surface area contributed by atoms with E-state index < -0.39 is 5.50 Å². The Hall–Kier alpha value is -0.0500. The monoisotopic (exact) mass is 109 g/mol. The summed E-state index contributed by atoms with van der Waals surface area (Å²) in [5.41, 5.74) is -1.20. The average molecular weight is 109 g/mol. The van der Waals surface area contributed by atoms with Gasteiger partial charge in [-0.3, -0.25) is 0 Å². The summed E-state index contributed by atoms with van der Waals surface area (Å²) in [5, 5.41) is 0. The van der Waals surface area contributed by atoms with Gasteiger partial charge >= 0.3 is 17.2 Å².